The Kier molecular flexibility index (Phi) is 9.78. The van der Waals surface area contributed by atoms with Crippen LogP contribution in [0.25, 0.3) is 0 Å². The van der Waals surface area contributed by atoms with E-state index in [1.807, 2.05) is 0 Å². The average Bonchev–Trinajstić information content (AvgIpc) is 3.26. The predicted molar refractivity (Wildman–Crippen MR) is 164 cm³/mol. The Balaban J connectivity index is 1.78. The number of benzene rings is 2. The van der Waals surface area contributed by atoms with Crippen molar-refractivity contribution in [3.8, 4) is 0 Å². The minimum absolute atomic E-state index is 0.00265. The lowest BCUT2D eigenvalue weighted by molar-refractivity contribution is -0.151. The number of halogens is 7. The number of aryl methyl sites for hydroxylation is 1. The van der Waals surface area contributed by atoms with E-state index < -0.39 is 81.7 Å². The molecule has 2 heterocycles. The van der Waals surface area contributed by atoms with Crippen LogP contribution in [0.15, 0.2) is 36.4 Å². The smallest absolute Gasteiger partial charge is 0.416 e. The normalized spacial score (nSPS) is 23.8. The van der Waals surface area contributed by atoms with E-state index in [1.165, 1.54) is 48.9 Å². The number of carboxylic acid groups (broad SMARTS) is 1. The monoisotopic (exact) mass is 703 g/mol. The SMILES string of the molecule is Cc1cc(F)ccc1[C@H]1C[C@@]2(CCN1C(=O)N(C)[C@H](C)c1cc(C(F)(F)F)cc(C(F)(F)F)c1)CC[C@@](C)(C(=O)O)N2C(=O)OC(C)(C)C. The molecule has 0 bridgehead atoms. The van der Waals surface area contributed by atoms with E-state index in [9.17, 15) is 50.2 Å². The van der Waals surface area contributed by atoms with Gasteiger partial charge in [-0.15, -0.1) is 0 Å². The van der Waals surface area contributed by atoms with Crippen molar-refractivity contribution in [1.82, 2.24) is 14.7 Å². The molecule has 0 aromatic heterocycles. The number of carbonyl (C=O) groups is 3. The fourth-order valence-corrected chi connectivity index (χ4v) is 6.95. The number of aliphatic carboxylic acids is 1. The van der Waals surface area contributed by atoms with Crippen LogP contribution in [0.5, 0.6) is 0 Å². The molecule has 270 valence electrons. The average molecular weight is 704 g/mol. The van der Waals surface area contributed by atoms with Gasteiger partial charge in [0, 0.05) is 13.6 Å². The van der Waals surface area contributed by atoms with Gasteiger partial charge in [0.2, 0.25) is 0 Å². The van der Waals surface area contributed by atoms with Crippen LogP contribution in [-0.2, 0) is 21.9 Å². The minimum atomic E-state index is -5.09. The number of hydrogen-bond acceptors (Lipinski definition) is 4. The van der Waals surface area contributed by atoms with Crippen LogP contribution < -0.4 is 0 Å². The van der Waals surface area contributed by atoms with E-state index in [2.05, 4.69) is 0 Å². The topological polar surface area (TPSA) is 90.4 Å². The number of ether oxygens (including phenoxy) is 1. The molecule has 1 N–H and O–H groups in total. The van der Waals surface area contributed by atoms with Crippen molar-refractivity contribution >= 4 is 18.1 Å². The molecule has 0 saturated carbocycles. The minimum Gasteiger partial charge on any atom is -0.480 e. The summed E-state index contributed by atoms with van der Waals surface area (Å²) in [5, 5.41) is 10.3. The van der Waals surface area contributed by atoms with Crippen LogP contribution in [-0.4, -0.2) is 68.2 Å². The van der Waals surface area contributed by atoms with Gasteiger partial charge in [-0.05, 0) is 114 Å². The first-order valence-corrected chi connectivity index (χ1v) is 15.7. The number of hydrogen-bond donors (Lipinski definition) is 1. The van der Waals surface area contributed by atoms with Gasteiger partial charge in [0.15, 0.2) is 0 Å². The molecule has 2 aromatic carbocycles. The molecule has 8 nitrogen and oxygen atoms in total. The molecule has 2 fully saturated rings. The predicted octanol–water partition coefficient (Wildman–Crippen LogP) is 8.73. The summed E-state index contributed by atoms with van der Waals surface area (Å²) in [7, 11) is 1.25. The fourth-order valence-electron chi connectivity index (χ4n) is 6.95. The van der Waals surface area contributed by atoms with Crippen molar-refractivity contribution in [3.63, 3.8) is 0 Å². The van der Waals surface area contributed by atoms with Gasteiger partial charge in [-0.25, -0.2) is 18.8 Å². The van der Waals surface area contributed by atoms with E-state index in [1.54, 1.807) is 27.7 Å². The molecular formula is C34H40F7N3O5. The fraction of sp³-hybridized carbons (Fsp3) is 0.559. The second-order valence-corrected chi connectivity index (χ2v) is 14.2. The molecule has 2 aliphatic heterocycles. The quantitative estimate of drug-likeness (QED) is 0.322. The molecule has 2 aliphatic rings. The Morgan fingerprint density at radius 1 is 0.959 bits per heavy atom. The van der Waals surface area contributed by atoms with Crippen molar-refractivity contribution in [2.24, 2.45) is 0 Å². The van der Waals surface area contributed by atoms with Gasteiger partial charge < -0.3 is 19.6 Å². The first-order chi connectivity index (χ1) is 22.3. The van der Waals surface area contributed by atoms with Gasteiger partial charge in [0.1, 0.15) is 17.0 Å². The van der Waals surface area contributed by atoms with Crippen molar-refractivity contribution in [3.05, 3.63) is 70.0 Å². The summed E-state index contributed by atoms with van der Waals surface area (Å²) in [4.78, 5) is 44.2. The summed E-state index contributed by atoms with van der Waals surface area (Å²) in [5.74, 6) is -1.81. The second kappa shape index (κ2) is 12.7. The highest BCUT2D eigenvalue weighted by Crippen LogP contribution is 2.52. The molecular weight excluding hydrogens is 663 g/mol. The third kappa shape index (κ3) is 7.45. The van der Waals surface area contributed by atoms with Gasteiger partial charge in [-0.2, -0.15) is 26.3 Å². The summed E-state index contributed by atoms with van der Waals surface area (Å²) in [6.07, 6.45) is -10.7. The van der Waals surface area contributed by atoms with Gasteiger partial charge in [0.25, 0.3) is 0 Å². The lowest BCUT2D eigenvalue weighted by atomic mass is 9.78. The molecule has 1 spiro atoms. The summed E-state index contributed by atoms with van der Waals surface area (Å²) in [6, 6.07) is 2.13. The zero-order valence-corrected chi connectivity index (χ0v) is 28.2. The number of carbonyl (C=O) groups excluding carboxylic acids is 2. The van der Waals surface area contributed by atoms with E-state index in [4.69, 9.17) is 4.74 Å². The molecule has 49 heavy (non-hydrogen) atoms. The first kappa shape index (κ1) is 37.8. The van der Waals surface area contributed by atoms with E-state index in [0.717, 1.165) is 4.90 Å². The van der Waals surface area contributed by atoms with Crippen molar-refractivity contribution in [2.75, 3.05) is 13.6 Å². The summed E-state index contributed by atoms with van der Waals surface area (Å²) in [6.45, 7) is 9.16. The Labute approximate surface area is 279 Å². The molecule has 4 rings (SSSR count). The van der Waals surface area contributed by atoms with Gasteiger partial charge >= 0.3 is 30.4 Å². The molecule has 0 aliphatic carbocycles. The van der Waals surface area contributed by atoms with Crippen molar-refractivity contribution in [2.45, 2.75) is 108 Å². The van der Waals surface area contributed by atoms with E-state index in [-0.39, 0.29) is 38.3 Å². The molecule has 0 unspecified atom stereocenters. The van der Waals surface area contributed by atoms with Gasteiger partial charge in [-0.1, -0.05) is 6.07 Å². The number of urea groups is 1. The van der Waals surface area contributed by atoms with Crippen LogP contribution in [0, 0.1) is 12.7 Å². The summed E-state index contributed by atoms with van der Waals surface area (Å²) in [5.41, 5.74) is -6.30. The molecule has 0 radical (unpaired) electrons. The maximum atomic E-state index is 14.3. The zero-order valence-electron chi connectivity index (χ0n) is 28.2. The largest absolute Gasteiger partial charge is 0.480 e. The number of likely N-dealkylation sites (tertiary alicyclic amines) is 2. The van der Waals surface area contributed by atoms with E-state index in [0.29, 0.717) is 23.3 Å². The molecule has 2 aromatic rings. The van der Waals surface area contributed by atoms with Crippen LogP contribution in [0.2, 0.25) is 0 Å². The summed E-state index contributed by atoms with van der Waals surface area (Å²) >= 11 is 0. The number of rotatable bonds is 4. The van der Waals surface area contributed by atoms with Crippen LogP contribution in [0.4, 0.5) is 40.3 Å². The highest BCUT2D eigenvalue weighted by Gasteiger charge is 2.62. The van der Waals surface area contributed by atoms with Crippen LogP contribution >= 0.6 is 0 Å². The zero-order chi connectivity index (χ0) is 37.1. The van der Waals surface area contributed by atoms with Gasteiger partial charge in [-0.3, -0.25) is 4.90 Å². The second-order valence-electron chi connectivity index (χ2n) is 14.2. The maximum Gasteiger partial charge on any atom is 0.416 e. The third-order valence-corrected chi connectivity index (χ3v) is 9.66. The van der Waals surface area contributed by atoms with Crippen LogP contribution in [0.1, 0.15) is 100 Å². The molecule has 2 saturated heterocycles. The number of nitrogens with zero attached hydrogens (tertiary/aromatic N) is 3. The van der Waals surface area contributed by atoms with Crippen molar-refractivity contribution in [1.29, 1.82) is 0 Å². The Hall–Kier alpha value is -4.04. The van der Waals surface area contributed by atoms with Crippen LogP contribution in [0.3, 0.4) is 0 Å². The third-order valence-electron chi connectivity index (χ3n) is 9.66. The van der Waals surface area contributed by atoms with E-state index >= 15 is 0 Å². The molecule has 15 heteroatoms. The highest BCUT2D eigenvalue weighted by molar-refractivity contribution is 5.86. The number of carboxylic acids is 1. The lowest BCUT2D eigenvalue weighted by Gasteiger charge is -2.52. The highest BCUT2D eigenvalue weighted by atomic mass is 19.4. The Bertz CT molecular complexity index is 1590. The van der Waals surface area contributed by atoms with Gasteiger partial charge in [0.05, 0.1) is 28.7 Å². The number of amides is 3. The van der Waals surface area contributed by atoms with Crippen molar-refractivity contribution < 1.29 is 55.0 Å². The molecule has 3 amide bonds. The lowest BCUT2D eigenvalue weighted by Crippen LogP contribution is -2.63. The summed E-state index contributed by atoms with van der Waals surface area (Å²) < 4.78 is 102. The standard InChI is InChI=1S/C34H40F7N3O5/c1-19-14-24(35)8-9-25(19)26-18-32(11-10-31(6,27(45)46)44(32)29(48)49-30(3,4)5)12-13-43(26)28(47)42(7)20(2)21-15-22(33(36,37)38)17-23(16-21)34(39,40)41/h8-9,14-17,20,26H,10-13,18H2,1-7H3,(H,45,46)/t20-,26-,31+,32+/m1/s1. The first-order valence-electron chi connectivity index (χ1n) is 15.7. The maximum absolute atomic E-state index is 14.3. The Morgan fingerprint density at radius 2 is 1.53 bits per heavy atom. The Morgan fingerprint density at radius 3 is 2.02 bits per heavy atom. The number of alkyl halides is 6. The molecule has 4 atom stereocenters. The number of piperidine rings is 1.